The largest absolute Gasteiger partial charge is 0.497 e. The van der Waals surface area contributed by atoms with Crippen molar-refractivity contribution in [2.24, 2.45) is 0 Å². The van der Waals surface area contributed by atoms with E-state index in [1.165, 1.54) is 40.7 Å². The predicted molar refractivity (Wildman–Crippen MR) is 154 cm³/mol. The second-order valence-corrected chi connectivity index (χ2v) is 9.70. The summed E-state index contributed by atoms with van der Waals surface area (Å²) in [6.45, 7) is 1.57. The summed E-state index contributed by atoms with van der Waals surface area (Å²) in [5, 5.41) is 9.18. The first-order valence-corrected chi connectivity index (χ1v) is 13.3. The molecule has 6 nitrogen and oxygen atoms in total. The second-order valence-electron chi connectivity index (χ2n) is 9.70. The highest BCUT2D eigenvalue weighted by Gasteiger charge is 2.17. The summed E-state index contributed by atoms with van der Waals surface area (Å²) in [5.74, 6) is 0.980. The normalized spacial score (nSPS) is 12.7. The van der Waals surface area contributed by atoms with Crippen molar-refractivity contribution in [1.29, 1.82) is 0 Å². The maximum absolute atomic E-state index is 12.3. The molecule has 1 aliphatic rings. The van der Waals surface area contributed by atoms with E-state index >= 15 is 0 Å². The number of anilines is 1. The van der Waals surface area contributed by atoms with Crippen LogP contribution in [0.2, 0.25) is 0 Å². The average molecular weight is 521 g/mol. The molecule has 0 fully saturated rings. The number of unbranched alkanes of at least 4 members (excludes halogenated alkanes) is 2. The van der Waals surface area contributed by atoms with E-state index in [4.69, 9.17) is 9.72 Å². The van der Waals surface area contributed by atoms with Crippen molar-refractivity contribution in [3.63, 3.8) is 0 Å². The van der Waals surface area contributed by atoms with Crippen molar-refractivity contribution in [2.45, 2.75) is 57.8 Å². The fourth-order valence-corrected chi connectivity index (χ4v) is 5.29. The lowest BCUT2D eigenvalue weighted by Gasteiger charge is -2.21. The first-order valence-electron chi connectivity index (χ1n) is 13.3. The lowest BCUT2D eigenvalue weighted by Crippen LogP contribution is -2.25. The third kappa shape index (κ3) is 6.37. The summed E-state index contributed by atoms with van der Waals surface area (Å²) in [7, 11) is 1.68. The number of carbonyl (C=O) groups excluding carboxylic acids is 1. The first kappa shape index (κ1) is 26.8. The molecule has 0 saturated carbocycles. The summed E-state index contributed by atoms with van der Waals surface area (Å²) in [6, 6.07) is 14.5. The number of amides is 1. The lowest BCUT2D eigenvalue weighted by atomic mass is 9.92. The fraction of sp³-hybridized carbons (Fsp3) is 0.400. The van der Waals surface area contributed by atoms with E-state index in [1.54, 1.807) is 7.11 Å². The van der Waals surface area contributed by atoms with E-state index < -0.39 is 0 Å². The second kappa shape index (κ2) is 12.8. The van der Waals surface area contributed by atoms with Crippen LogP contribution in [0.5, 0.6) is 5.75 Å². The summed E-state index contributed by atoms with van der Waals surface area (Å²) in [5.41, 5.74) is 7.33. The molecule has 1 amide bonds. The molecule has 5 rings (SSSR count). The maximum Gasteiger partial charge on any atom is 0.220 e. The number of benzene rings is 2. The molecule has 3 N–H and O–H groups in total. The summed E-state index contributed by atoms with van der Waals surface area (Å²) < 4.78 is 5.34. The zero-order valence-electron chi connectivity index (χ0n) is 21.6. The lowest BCUT2D eigenvalue weighted by molar-refractivity contribution is -0.121. The van der Waals surface area contributed by atoms with Gasteiger partial charge in [-0.1, -0.05) is 24.6 Å². The number of carbonyl (C=O) groups is 1. The molecule has 0 aliphatic heterocycles. The molecule has 196 valence electrons. The Labute approximate surface area is 225 Å². The van der Waals surface area contributed by atoms with Crippen molar-refractivity contribution in [3.05, 3.63) is 65.5 Å². The zero-order valence-corrected chi connectivity index (χ0v) is 22.4. The number of ether oxygens (including phenoxy) is 1. The van der Waals surface area contributed by atoms with Gasteiger partial charge in [-0.05, 0) is 80.3 Å². The first-order chi connectivity index (χ1) is 17.7. The van der Waals surface area contributed by atoms with Crippen LogP contribution in [0.4, 0.5) is 5.69 Å². The number of nitrogens with one attached hydrogen (secondary N) is 3. The summed E-state index contributed by atoms with van der Waals surface area (Å²) in [6.07, 6.45) is 11.1. The topological polar surface area (TPSA) is 79.0 Å². The monoisotopic (exact) mass is 520 g/mol. The number of pyridine rings is 1. The number of nitrogens with zero attached hydrogens (tertiary/aromatic N) is 1. The number of para-hydroxylation sites is 1. The van der Waals surface area contributed by atoms with Crippen LogP contribution in [0.25, 0.3) is 21.8 Å². The molecule has 2 aromatic heterocycles. The van der Waals surface area contributed by atoms with Crippen molar-refractivity contribution in [1.82, 2.24) is 15.3 Å². The molecule has 37 heavy (non-hydrogen) atoms. The van der Waals surface area contributed by atoms with Gasteiger partial charge in [-0.2, -0.15) is 0 Å². The molecule has 1 aliphatic carbocycles. The molecule has 0 spiro atoms. The van der Waals surface area contributed by atoms with Gasteiger partial charge in [0.05, 0.1) is 12.6 Å². The fourth-order valence-electron chi connectivity index (χ4n) is 5.29. The molecule has 0 radical (unpaired) electrons. The Bertz CT molecular complexity index is 1350. The van der Waals surface area contributed by atoms with Gasteiger partial charge in [0.1, 0.15) is 5.75 Å². The van der Waals surface area contributed by atoms with E-state index in [0.29, 0.717) is 13.0 Å². The molecular formula is C30H37ClN4O2. The third-order valence-corrected chi connectivity index (χ3v) is 7.24. The minimum absolute atomic E-state index is 0. The Kier molecular flexibility index (Phi) is 9.29. The van der Waals surface area contributed by atoms with Gasteiger partial charge < -0.3 is 20.4 Å². The van der Waals surface area contributed by atoms with E-state index in [2.05, 4.69) is 39.9 Å². The highest BCUT2D eigenvalue weighted by molar-refractivity contribution is 5.93. The summed E-state index contributed by atoms with van der Waals surface area (Å²) in [4.78, 5) is 20.6. The van der Waals surface area contributed by atoms with Crippen molar-refractivity contribution in [3.8, 4) is 5.75 Å². The van der Waals surface area contributed by atoms with Crippen LogP contribution in [-0.2, 0) is 24.1 Å². The molecule has 0 unspecified atom stereocenters. The van der Waals surface area contributed by atoms with Crippen LogP contribution in [0.1, 0.15) is 55.3 Å². The molecule has 2 aromatic carbocycles. The van der Waals surface area contributed by atoms with Gasteiger partial charge in [-0.3, -0.25) is 9.78 Å². The number of methoxy groups -OCH3 is 1. The molecule has 0 atom stereocenters. The standard InChI is InChI=1S/C30H36N4O2.ClH/c1-36-22-14-15-26-25(19-22)21(20-33-26)16-18-31-29(35)13-3-2-8-17-32-30-23-9-4-6-11-27(23)34-28-12-7-5-10-24(28)30;/h4,6,9,11,14-15,19-20,33H,2-3,5,7-8,10,12-13,16-18H2,1H3,(H,31,35)(H,32,34);1H. The number of rotatable bonds is 11. The van der Waals surface area contributed by atoms with E-state index in [1.807, 2.05) is 24.4 Å². The van der Waals surface area contributed by atoms with Crippen LogP contribution in [0.3, 0.4) is 0 Å². The van der Waals surface area contributed by atoms with Gasteiger partial charge >= 0.3 is 0 Å². The number of fused-ring (bicyclic) bond motifs is 3. The van der Waals surface area contributed by atoms with Crippen LogP contribution >= 0.6 is 12.4 Å². The molecule has 0 saturated heterocycles. The van der Waals surface area contributed by atoms with Gasteiger partial charge in [-0.15, -0.1) is 12.4 Å². The number of hydrogen-bond donors (Lipinski definition) is 3. The van der Waals surface area contributed by atoms with Gasteiger partial charge in [0.15, 0.2) is 0 Å². The number of aryl methyl sites for hydroxylation is 1. The molecule has 2 heterocycles. The number of aromatic amines is 1. The van der Waals surface area contributed by atoms with Gasteiger partial charge in [-0.25, -0.2) is 0 Å². The molecule has 0 bridgehead atoms. The maximum atomic E-state index is 12.3. The Morgan fingerprint density at radius 3 is 2.78 bits per heavy atom. The van der Waals surface area contributed by atoms with Crippen LogP contribution in [-0.4, -0.2) is 36.1 Å². The van der Waals surface area contributed by atoms with Crippen LogP contribution in [0, 0.1) is 0 Å². The minimum atomic E-state index is 0. The number of aromatic nitrogens is 2. The van der Waals surface area contributed by atoms with Crippen LogP contribution in [0.15, 0.2) is 48.7 Å². The van der Waals surface area contributed by atoms with Crippen LogP contribution < -0.4 is 15.4 Å². The Morgan fingerprint density at radius 1 is 1.03 bits per heavy atom. The molecule has 7 heteroatoms. The highest BCUT2D eigenvalue weighted by atomic mass is 35.5. The Balaban J connectivity index is 0.00000320. The molecule has 4 aromatic rings. The quantitative estimate of drug-likeness (QED) is 0.201. The summed E-state index contributed by atoms with van der Waals surface area (Å²) >= 11 is 0. The Morgan fingerprint density at radius 2 is 1.89 bits per heavy atom. The number of halogens is 1. The highest BCUT2D eigenvalue weighted by Crippen LogP contribution is 2.33. The smallest absolute Gasteiger partial charge is 0.220 e. The van der Waals surface area contributed by atoms with Gasteiger partial charge in [0.25, 0.3) is 0 Å². The van der Waals surface area contributed by atoms with E-state index in [9.17, 15) is 4.79 Å². The molecular weight excluding hydrogens is 484 g/mol. The predicted octanol–water partition coefficient (Wildman–Crippen LogP) is 6.36. The number of hydrogen-bond acceptors (Lipinski definition) is 4. The minimum Gasteiger partial charge on any atom is -0.497 e. The van der Waals surface area contributed by atoms with Gasteiger partial charge in [0.2, 0.25) is 5.91 Å². The third-order valence-electron chi connectivity index (χ3n) is 7.24. The average Bonchev–Trinajstić information content (AvgIpc) is 3.32. The van der Waals surface area contributed by atoms with Crippen molar-refractivity contribution in [2.75, 3.05) is 25.5 Å². The van der Waals surface area contributed by atoms with E-state index in [-0.39, 0.29) is 18.3 Å². The van der Waals surface area contributed by atoms with Gasteiger partial charge in [0, 0.05) is 53.4 Å². The van der Waals surface area contributed by atoms with E-state index in [0.717, 1.165) is 67.2 Å². The van der Waals surface area contributed by atoms with Crippen molar-refractivity contribution < 1.29 is 9.53 Å². The number of H-pyrrole nitrogens is 1. The van der Waals surface area contributed by atoms with Crippen molar-refractivity contribution >= 4 is 45.8 Å². The SMILES string of the molecule is COc1ccc2[nH]cc(CCNC(=O)CCCCCNc3c4c(nc5ccccc35)CCCC4)c2c1.Cl. The Hall–Kier alpha value is -3.25. The zero-order chi connectivity index (χ0) is 24.7.